The van der Waals surface area contributed by atoms with Crippen molar-refractivity contribution in [3.05, 3.63) is 11.2 Å². The zero-order chi connectivity index (χ0) is 15.0. The Labute approximate surface area is 122 Å². The lowest BCUT2D eigenvalue weighted by Crippen LogP contribution is -2.28. The summed E-state index contributed by atoms with van der Waals surface area (Å²) in [5, 5.41) is 0. The molecule has 1 heterocycles. The van der Waals surface area contributed by atoms with E-state index in [1.165, 1.54) is 12.6 Å². The van der Waals surface area contributed by atoms with Gasteiger partial charge >= 0.3 is 5.97 Å². The van der Waals surface area contributed by atoms with Gasteiger partial charge in [-0.2, -0.15) is 0 Å². The summed E-state index contributed by atoms with van der Waals surface area (Å²) in [6.45, 7) is 3.08. The number of unbranched alkanes of at least 4 members (excludes halogenated alkanes) is 1. The first-order valence-electron chi connectivity index (χ1n) is 6.12. The van der Waals surface area contributed by atoms with E-state index < -0.39 is 16.0 Å². The second-order valence-corrected chi connectivity index (χ2v) is 6.66. The van der Waals surface area contributed by atoms with Crippen LogP contribution < -0.4 is 4.72 Å². The Balaban J connectivity index is 2.57. The standard InChI is InChI=1S/C11H18N2O5S2/c1-3-4-6-18-7-5-13-20(15,16)11-9(10(14)17-2)12-8-19-11/h8,13H,3-7H2,1-2H3. The molecule has 114 valence electrons. The number of hydrogen-bond donors (Lipinski definition) is 1. The molecule has 1 rings (SSSR count). The lowest BCUT2D eigenvalue weighted by atomic mass is 10.4. The topological polar surface area (TPSA) is 94.6 Å². The van der Waals surface area contributed by atoms with Crippen molar-refractivity contribution in [1.82, 2.24) is 9.71 Å². The summed E-state index contributed by atoms with van der Waals surface area (Å²) in [6, 6.07) is 0. The van der Waals surface area contributed by atoms with Crippen molar-refractivity contribution in [1.29, 1.82) is 0 Å². The fourth-order valence-electron chi connectivity index (χ4n) is 1.32. The number of ether oxygens (including phenoxy) is 2. The Morgan fingerprint density at radius 1 is 1.45 bits per heavy atom. The van der Waals surface area contributed by atoms with Crippen LogP contribution in [-0.2, 0) is 19.5 Å². The average molecular weight is 322 g/mol. The smallest absolute Gasteiger partial charge is 0.358 e. The lowest BCUT2D eigenvalue weighted by Gasteiger charge is -2.06. The molecule has 0 spiro atoms. The maximum Gasteiger partial charge on any atom is 0.358 e. The number of hydrogen-bond acceptors (Lipinski definition) is 7. The van der Waals surface area contributed by atoms with Gasteiger partial charge in [0.25, 0.3) is 10.0 Å². The number of methoxy groups -OCH3 is 1. The third kappa shape index (κ3) is 4.82. The summed E-state index contributed by atoms with van der Waals surface area (Å²) in [5.74, 6) is -0.772. The number of nitrogens with one attached hydrogen (secondary N) is 1. The molecule has 0 fully saturated rings. The van der Waals surface area contributed by atoms with Crippen LogP contribution in [0.5, 0.6) is 0 Å². The van der Waals surface area contributed by atoms with E-state index in [0.717, 1.165) is 24.2 Å². The van der Waals surface area contributed by atoms with Crippen LogP contribution in [0, 0.1) is 0 Å². The van der Waals surface area contributed by atoms with Crippen molar-refractivity contribution in [3.8, 4) is 0 Å². The van der Waals surface area contributed by atoms with E-state index in [-0.39, 0.29) is 23.1 Å². The van der Waals surface area contributed by atoms with E-state index in [9.17, 15) is 13.2 Å². The summed E-state index contributed by atoms with van der Waals surface area (Å²) in [4.78, 5) is 15.1. The van der Waals surface area contributed by atoms with Crippen LogP contribution in [0.15, 0.2) is 9.72 Å². The first-order chi connectivity index (χ1) is 9.53. The van der Waals surface area contributed by atoms with Gasteiger partial charge in [-0.3, -0.25) is 0 Å². The lowest BCUT2D eigenvalue weighted by molar-refractivity contribution is 0.0590. The molecule has 0 saturated carbocycles. The molecule has 0 saturated heterocycles. The zero-order valence-electron chi connectivity index (χ0n) is 11.4. The molecule has 0 aliphatic rings. The van der Waals surface area contributed by atoms with Crippen LogP contribution in [0.4, 0.5) is 0 Å². The van der Waals surface area contributed by atoms with Crippen LogP contribution in [0.2, 0.25) is 0 Å². The van der Waals surface area contributed by atoms with Crippen molar-refractivity contribution in [2.24, 2.45) is 0 Å². The number of carbonyl (C=O) groups is 1. The number of thiazole rings is 1. The van der Waals surface area contributed by atoms with Crippen molar-refractivity contribution >= 4 is 27.3 Å². The summed E-state index contributed by atoms with van der Waals surface area (Å²) in [6.07, 6.45) is 1.96. The number of nitrogens with zero attached hydrogens (tertiary/aromatic N) is 1. The minimum absolute atomic E-state index is 0.141. The molecule has 1 aromatic heterocycles. The molecule has 0 aliphatic carbocycles. The molecular weight excluding hydrogens is 304 g/mol. The van der Waals surface area contributed by atoms with E-state index in [0.29, 0.717) is 6.61 Å². The summed E-state index contributed by atoms with van der Waals surface area (Å²) >= 11 is 0.869. The molecule has 0 unspecified atom stereocenters. The van der Waals surface area contributed by atoms with E-state index in [1.807, 2.05) is 6.92 Å². The van der Waals surface area contributed by atoms with Crippen LogP contribution in [-0.4, -0.2) is 46.2 Å². The van der Waals surface area contributed by atoms with E-state index in [4.69, 9.17) is 4.74 Å². The molecule has 7 nitrogen and oxygen atoms in total. The van der Waals surface area contributed by atoms with Gasteiger partial charge in [-0.05, 0) is 6.42 Å². The van der Waals surface area contributed by atoms with Gasteiger partial charge in [0.2, 0.25) is 0 Å². The molecule has 1 aromatic rings. The summed E-state index contributed by atoms with van der Waals surface area (Å²) < 4.78 is 36.0. The van der Waals surface area contributed by atoms with Gasteiger partial charge in [0.15, 0.2) is 9.90 Å². The predicted octanol–water partition coefficient (Wildman–Crippen LogP) is 1.02. The number of carbonyl (C=O) groups excluding carboxylic acids is 1. The Hall–Kier alpha value is -1.03. The molecule has 0 amide bonds. The highest BCUT2D eigenvalue weighted by molar-refractivity contribution is 7.91. The third-order valence-electron chi connectivity index (χ3n) is 2.34. The maximum absolute atomic E-state index is 12.0. The van der Waals surface area contributed by atoms with E-state index in [2.05, 4.69) is 14.4 Å². The van der Waals surface area contributed by atoms with Crippen molar-refractivity contribution in [2.45, 2.75) is 24.0 Å². The molecule has 1 N–H and O–H groups in total. The first kappa shape index (κ1) is 17.0. The first-order valence-corrected chi connectivity index (χ1v) is 8.48. The third-order valence-corrected chi connectivity index (χ3v) is 5.17. The largest absolute Gasteiger partial charge is 0.464 e. The van der Waals surface area contributed by atoms with Crippen LogP contribution in [0.3, 0.4) is 0 Å². The minimum atomic E-state index is -3.77. The van der Waals surface area contributed by atoms with Gasteiger partial charge in [0, 0.05) is 13.2 Å². The number of esters is 1. The molecule has 0 aliphatic heterocycles. The fraction of sp³-hybridized carbons (Fsp3) is 0.636. The highest BCUT2D eigenvalue weighted by Crippen LogP contribution is 2.20. The molecule has 20 heavy (non-hydrogen) atoms. The SMILES string of the molecule is CCCCOCCNS(=O)(=O)c1scnc1C(=O)OC. The van der Waals surface area contributed by atoms with E-state index >= 15 is 0 Å². The Bertz CT molecular complexity index is 527. The van der Waals surface area contributed by atoms with Crippen LogP contribution >= 0.6 is 11.3 Å². The highest BCUT2D eigenvalue weighted by Gasteiger charge is 2.26. The predicted molar refractivity (Wildman–Crippen MR) is 74.4 cm³/mol. The second kappa shape index (κ2) is 8.30. The monoisotopic (exact) mass is 322 g/mol. The summed E-state index contributed by atoms with van der Waals surface area (Å²) in [7, 11) is -2.60. The molecule has 0 atom stereocenters. The zero-order valence-corrected chi connectivity index (χ0v) is 13.1. The quantitative estimate of drug-likeness (QED) is 0.539. The van der Waals surface area contributed by atoms with Gasteiger partial charge in [0.1, 0.15) is 0 Å². The van der Waals surface area contributed by atoms with Crippen molar-refractivity contribution in [3.63, 3.8) is 0 Å². The second-order valence-electron chi connectivity index (χ2n) is 3.84. The fourth-order valence-corrected chi connectivity index (χ4v) is 3.51. The normalized spacial score (nSPS) is 11.5. The van der Waals surface area contributed by atoms with Gasteiger partial charge < -0.3 is 9.47 Å². The Morgan fingerprint density at radius 2 is 2.20 bits per heavy atom. The number of rotatable bonds is 9. The van der Waals surface area contributed by atoms with Gasteiger partial charge in [0.05, 0.1) is 19.2 Å². The number of aromatic nitrogens is 1. The average Bonchev–Trinajstić information content (AvgIpc) is 2.92. The van der Waals surface area contributed by atoms with Gasteiger partial charge in [-0.25, -0.2) is 22.9 Å². The Kier molecular flexibility index (Phi) is 7.06. The van der Waals surface area contributed by atoms with Crippen molar-refractivity contribution < 1.29 is 22.7 Å². The molecule has 9 heteroatoms. The van der Waals surface area contributed by atoms with Crippen molar-refractivity contribution in [2.75, 3.05) is 26.9 Å². The van der Waals surface area contributed by atoms with Gasteiger partial charge in [-0.15, -0.1) is 11.3 Å². The molecular formula is C11H18N2O5S2. The highest BCUT2D eigenvalue weighted by atomic mass is 32.2. The molecule has 0 radical (unpaired) electrons. The number of sulfonamides is 1. The minimum Gasteiger partial charge on any atom is -0.464 e. The van der Waals surface area contributed by atoms with E-state index in [1.54, 1.807) is 0 Å². The van der Waals surface area contributed by atoms with Gasteiger partial charge in [-0.1, -0.05) is 13.3 Å². The molecule has 0 bridgehead atoms. The Morgan fingerprint density at radius 3 is 2.85 bits per heavy atom. The van der Waals surface area contributed by atoms with Crippen LogP contribution in [0.1, 0.15) is 30.3 Å². The maximum atomic E-state index is 12.0. The van der Waals surface area contributed by atoms with Crippen LogP contribution in [0.25, 0.3) is 0 Å². The summed E-state index contributed by atoms with van der Waals surface area (Å²) in [5.41, 5.74) is 1.09. The molecule has 0 aromatic carbocycles.